The van der Waals surface area contributed by atoms with Crippen LogP contribution in [0, 0.1) is 0 Å². The zero-order valence-electron chi connectivity index (χ0n) is 15.5. The highest BCUT2D eigenvalue weighted by atomic mass is 16.7. The van der Waals surface area contributed by atoms with E-state index in [2.05, 4.69) is 9.80 Å². The lowest BCUT2D eigenvalue weighted by atomic mass is 10.2. The Balaban J connectivity index is 1.20. The van der Waals surface area contributed by atoms with E-state index in [4.69, 9.17) is 23.7 Å². The first-order valence-electron chi connectivity index (χ1n) is 9.61. The Morgan fingerprint density at radius 1 is 1.04 bits per heavy atom. The second-order valence-electron chi connectivity index (χ2n) is 7.15. The highest BCUT2D eigenvalue weighted by Crippen LogP contribution is 2.35. The SMILES string of the molecule is OC(CN1CCOCC1)CN1CCOC(COc2ccc3c(c2)OCO3)C1. The zero-order valence-corrected chi connectivity index (χ0v) is 15.5. The number of nitrogens with zero attached hydrogens (tertiary/aromatic N) is 2. The van der Waals surface area contributed by atoms with E-state index in [0.717, 1.165) is 50.9 Å². The molecule has 1 aromatic carbocycles. The van der Waals surface area contributed by atoms with Crippen molar-refractivity contribution in [3.63, 3.8) is 0 Å². The lowest BCUT2D eigenvalue weighted by Crippen LogP contribution is -2.50. The topological polar surface area (TPSA) is 72.9 Å². The molecule has 0 bridgehead atoms. The molecular weight excluding hydrogens is 352 g/mol. The second-order valence-corrected chi connectivity index (χ2v) is 7.15. The number of aliphatic hydroxyl groups excluding tert-OH is 1. The van der Waals surface area contributed by atoms with Gasteiger partial charge in [-0.3, -0.25) is 9.80 Å². The van der Waals surface area contributed by atoms with Crippen molar-refractivity contribution in [1.82, 2.24) is 9.80 Å². The number of morpholine rings is 2. The molecule has 4 rings (SSSR count). The fourth-order valence-corrected chi connectivity index (χ4v) is 3.64. The summed E-state index contributed by atoms with van der Waals surface area (Å²) in [6.07, 6.45) is -0.378. The summed E-state index contributed by atoms with van der Waals surface area (Å²) in [6, 6.07) is 5.57. The van der Waals surface area contributed by atoms with E-state index in [0.29, 0.717) is 32.1 Å². The Kier molecular flexibility index (Phi) is 6.31. The first kappa shape index (κ1) is 18.8. The Bertz CT molecular complexity index is 610. The summed E-state index contributed by atoms with van der Waals surface area (Å²) in [5.74, 6) is 2.20. The Hall–Kier alpha value is -1.58. The molecule has 8 heteroatoms. The monoisotopic (exact) mass is 380 g/mol. The maximum absolute atomic E-state index is 10.4. The standard InChI is InChI=1S/C19H28N2O6/c22-15(10-20-3-6-23-7-4-20)11-21-5-8-24-17(12-21)13-25-16-1-2-18-19(9-16)27-14-26-18/h1-2,9,15,17,22H,3-8,10-14H2. The van der Waals surface area contributed by atoms with Gasteiger partial charge in [-0.05, 0) is 12.1 Å². The normalized spacial score (nSPS) is 24.7. The van der Waals surface area contributed by atoms with Crippen molar-refractivity contribution in [2.24, 2.45) is 0 Å². The molecule has 3 aliphatic rings. The van der Waals surface area contributed by atoms with Gasteiger partial charge in [0.15, 0.2) is 11.5 Å². The number of hydrogen-bond donors (Lipinski definition) is 1. The zero-order chi connectivity index (χ0) is 18.5. The molecule has 2 fully saturated rings. The summed E-state index contributed by atoms with van der Waals surface area (Å²) in [6.45, 7) is 7.61. The van der Waals surface area contributed by atoms with E-state index in [1.54, 1.807) is 0 Å². The van der Waals surface area contributed by atoms with Crippen molar-refractivity contribution in [2.45, 2.75) is 12.2 Å². The molecule has 2 saturated heterocycles. The number of hydrogen-bond acceptors (Lipinski definition) is 8. The predicted octanol–water partition coefficient (Wildman–Crippen LogP) is 0.188. The molecule has 0 spiro atoms. The summed E-state index contributed by atoms with van der Waals surface area (Å²) in [5, 5.41) is 10.4. The van der Waals surface area contributed by atoms with Crippen molar-refractivity contribution in [3.05, 3.63) is 18.2 Å². The van der Waals surface area contributed by atoms with Gasteiger partial charge in [0.2, 0.25) is 6.79 Å². The van der Waals surface area contributed by atoms with E-state index in [1.165, 1.54) is 0 Å². The van der Waals surface area contributed by atoms with Crippen LogP contribution in [0.5, 0.6) is 17.2 Å². The maximum Gasteiger partial charge on any atom is 0.231 e. The number of benzene rings is 1. The van der Waals surface area contributed by atoms with Crippen LogP contribution >= 0.6 is 0 Å². The van der Waals surface area contributed by atoms with Crippen molar-refractivity contribution >= 4 is 0 Å². The molecule has 27 heavy (non-hydrogen) atoms. The maximum atomic E-state index is 10.4. The molecule has 0 aromatic heterocycles. The van der Waals surface area contributed by atoms with Gasteiger partial charge in [-0.25, -0.2) is 0 Å². The number of rotatable bonds is 7. The molecule has 1 aromatic rings. The van der Waals surface area contributed by atoms with E-state index in [1.807, 2.05) is 18.2 Å². The summed E-state index contributed by atoms with van der Waals surface area (Å²) in [5.41, 5.74) is 0. The molecule has 8 nitrogen and oxygen atoms in total. The molecule has 0 saturated carbocycles. The largest absolute Gasteiger partial charge is 0.491 e. The predicted molar refractivity (Wildman–Crippen MR) is 97.5 cm³/mol. The van der Waals surface area contributed by atoms with Crippen LogP contribution in [0.25, 0.3) is 0 Å². The Labute approximate surface area is 159 Å². The van der Waals surface area contributed by atoms with Gasteiger partial charge in [0.25, 0.3) is 0 Å². The second kappa shape index (κ2) is 9.07. The smallest absolute Gasteiger partial charge is 0.231 e. The van der Waals surface area contributed by atoms with Gasteiger partial charge >= 0.3 is 0 Å². The highest BCUT2D eigenvalue weighted by molar-refractivity contribution is 5.46. The first-order valence-corrected chi connectivity index (χ1v) is 9.61. The van der Waals surface area contributed by atoms with Crippen molar-refractivity contribution in [1.29, 1.82) is 0 Å². The highest BCUT2D eigenvalue weighted by Gasteiger charge is 2.24. The van der Waals surface area contributed by atoms with Gasteiger partial charge in [0.1, 0.15) is 18.5 Å². The van der Waals surface area contributed by atoms with Crippen LogP contribution in [-0.2, 0) is 9.47 Å². The molecule has 2 atom stereocenters. The fourth-order valence-electron chi connectivity index (χ4n) is 3.64. The van der Waals surface area contributed by atoms with Crippen LogP contribution in [0.15, 0.2) is 18.2 Å². The first-order chi connectivity index (χ1) is 13.3. The minimum absolute atomic E-state index is 0.0141. The minimum atomic E-state index is -0.364. The summed E-state index contributed by atoms with van der Waals surface area (Å²) in [4.78, 5) is 4.51. The number of ether oxygens (including phenoxy) is 5. The summed E-state index contributed by atoms with van der Waals surface area (Å²) >= 11 is 0. The number of aliphatic hydroxyl groups is 1. The van der Waals surface area contributed by atoms with Crippen LogP contribution in [0.2, 0.25) is 0 Å². The summed E-state index contributed by atoms with van der Waals surface area (Å²) < 4.78 is 27.7. The van der Waals surface area contributed by atoms with Crippen molar-refractivity contribution < 1.29 is 28.8 Å². The van der Waals surface area contributed by atoms with Crippen LogP contribution in [-0.4, -0.2) is 99.6 Å². The van der Waals surface area contributed by atoms with Gasteiger partial charge in [0, 0.05) is 45.3 Å². The van der Waals surface area contributed by atoms with Crippen LogP contribution < -0.4 is 14.2 Å². The van der Waals surface area contributed by atoms with Crippen molar-refractivity contribution in [3.8, 4) is 17.2 Å². The lowest BCUT2D eigenvalue weighted by molar-refractivity contribution is -0.0616. The third kappa shape index (κ3) is 5.24. The molecule has 0 radical (unpaired) electrons. The average molecular weight is 380 g/mol. The fraction of sp³-hybridized carbons (Fsp3) is 0.684. The Morgan fingerprint density at radius 2 is 1.81 bits per heavy atom. The summed E-state index contributed by atoms with van der Waals surface area (Å²) in [7, 11) is 0. The van der Waals surface area contributed by atoms with E-state index >= 15 is 0 Å². The third-order valence-corrected chi connectivity index (χ3v) is 5.04. The quantitative estimate of drug-likeness (QED) is 0.719. The average Bonchev–Trinajstić information content (AvgIpc) is 3.15. The lowest BCUT2D eigenvalue weighted by Gasteiger charge is -2.35. The molecule has 3 aliphatic heterocycles. The van der Waals surface area contributed by atoms with E-state index < -0.39 is 0 Å². The molecule has 150 valence electrons. The van der Waals surface area contributed by atoms with Gasteiger partial charge in [-0.2, -0.15) is 0 Å². The van der Waals surface area contributed by atoms with Gasteiger partial charge in [-0.15, -0.1) is 0 Å². The number of β-amino-alcohol motifs (C(OH)–C–C–N with tert-alkyl or cyclic N) is 1. The van der Waals surface area contributed by atoms with Crippen molar-refractivity contribution in [2.75, 3.05) is 72.5 Å². The Morgan fingerprint density at radius 3 is 2.70 bits per heavy atom. The molecular formula is C19H28N2O6. The minimum Gasteiger partial charge on any atom is -0.491 e. The van der Waals surface area contributed by atoms with Crippen LogP contribution in [0.3, 0.4) is 0 Å². The molecule has 2 unspecified atom stereocenters. The van der Waals surface area contributed by atoms with Gasteiger partial charge < -0.3 is 28.8 Å². The van der Waals surface area contributed by atoms with E-state index in [-0.39, 0.29) is 19.0 Å². The molecule has 0 amide bonds. The molecule has 1 N–H and O–H groups in total. The number of fused-ring (bicyclic) bond motifs is 1. The van der Waals surface area contributed by atoms with E-state index in [9.17, 15) is 5.11 Å². The van der Waals surface area contributed by atoms with Gasteiger partial charge in [0.05, 0.1) is 25.9 Å². The molecule has 0 aliphatic carbocycles. The van der Waals surface area contributed by atoms with Crippen LogP contribution in [0.4, 0.5) is 0 Å². The third-order valence-electron chi connectivity index (χ3n) is 5.04. The van der Waals surface area contributed by atoms with Crippen LogP contribution in [0.1, 0.15) is 0 Å². The van der Waals surface area contributed by atoms with Gasteiger partial charge in [-0.1, -0.05) is 0 Å². The molecule has 3 heterocycles.